The number of aromatic nitrogens is 2. The van der Waals surface area contributed by atoms with Gasteiger partial charge in [-0.3, -0.25) is 0 Å². The van der Waals surface area contributed by atoms with Crippen molar-refractivity contribution in [2.45, 2.75) is 6.92 Å². The highest BCUT2D eigenvalue weighted by molar-refractivity contribution is 5.79. The van der Waals surface area contributed by atoms with E-state index in [-0.39, 0.29) is 11.8 Å². The number of hydrogen-bond donors (Lipinski definition) is 0. The second kappa shape index (κ2) is 7.26. The molecule has 0 fully saturated rings. The zero-order chi connectivity index (χ0) is 15.9. The van der Waals surface area contributed by atoms with Crippen LogP contribution in [0.15, 0.2) is 40.6 Å². The highest BCUT2D eigenvalue weighted by Gasteiger charge is 2.06. The molecular weight excluding hydrogens is 285 g/mol. The van der Waals surface area contributed by atoms with E-state index in [1.807, 2.05) is 31.2 Å². The largest absolute Gasteiger partial charge is 0.369 e. The lowest BCUT2D eigenvalue weighted by molar-refractivity contribution is 0.313. The molecular formula is C15H16FN5O. The lowest BCUT2D eigenvalue weighted by Crippen LogP contribution is -2.07. The van der Waals surface area contributed by atoms with Crippen molar-refractivity contribution in [3.8, 4) is 6.01 Å². The van der Waals surface area contributed by atoms with Gasteiger partial charge in [0.05, 0.1) is 18.7 Å². The monoisotopic (exact) mass is 301 g/mol. The molecule has 0 spiro atoms. The molecule has 0 saturated carbocycles. The minimum atomic E-state index is -0.632. The summed E-state index contributed by atoms with van der Waals surface area (Å²) in [7, 11) is 3.54. The van der Waals surface area contributed by atoms with Crippen molar-refractivity contribution in [1.29, 1.82) is 0 Å². The summed E-state index contributed by atoms with van der Waals surface area (Å²) in [6.45, 7) is 2.00. The molecule has 0 aliphatic rings. The summed E-state index contributed by atoms with van der Waals surface area (Å²) in [5, 5.41) is 3.77. The molecule has 1 aromatic carbocycles. The van der Waals surface area contributed by atoms with Gasteiger partial charge in [0.15, 0.2) is 11.6 Å². The van der Waals surface area contributed by atoms with Crippen LogP contribution in [-0.2, 0) is 0 Å². The Hall–Kier alpha value is -2.83. The first kappa shape index (κ1) is 15.6. The number of oxime groups is 1. The molecule has 0 aliphatic carbocycles. The predicted molar refractivity (Wildman–Crippen MR) is 83.2 cm³/mol. The Labute approximate surface area is 128 Å². The van der Waals surface area contributed by atoms with Gasteiger partial charge in [-0.05, 0) is 12.5 Å². The molecule has 6 nitrogen and oxygen atoms in total. The van der Waals surface area contributed by atoms with Crippen molar-refractivity contribution in [2.75, 3.05) is 14.1 Å². The molecule has 0 atom stereocenters. The third kappa shape index (κ3) is 4.62. The molecule has 0 saturated heterocycles. The van der Waals surface area contributed by atoms with Crippen LogP contribution in [0.25, 0.3) is 0 Å². The van der Waals surface area contributed by atoms with Crippen LogP contribution in [0.5, 0.6) is 6.01 Å². The molecule has 2 aromatic rings. The van der Waals surface area contributed by atoms with Crippen LogP contribution in [0, 0.1) is 12.7 Å². The Balaban J connectivity index is 2.06. The molecule has 0 radical (unpaired) electrons. The topological polar surface area (TPSA) is 63.0 Å². The smallest absolute Gasteiger partial charge is 0.347 e. The predicted octanol–water partition coefficient (Wildman–Crippen LogP) is 2.56. The standard InChI is InChI=1S/C15H16FN5O/c1-11-4-6-12(7-5-11)8-19-22-15-17-9-13(16)14(20-15)18-10-21(2)3/h4-10H,1-3H3. The number of halogens is 1. The fraction of sp³-hybridized carbons (Fsp3) is 0.200. The van der Waals surface area contributed by atoms with Gasteiger partial charge in [-0.2, -0.15) is 9.97 Å². The maximum absolute atomic E-state index is 13.5. The molecule has 1 aromatic heterocycles. The van der Waals surface area contributed by atoms with Gasteiger partial charge in [0.25, 0.3) is 0 Å². The number of nitrogens with zero attached hydrogens (tertiary/aromatic N) is 5. The zero-order valence-corrected chi connectivity index (χ0v) is 12.6. The summed E-state index contributed by atoms with van der Waals surface area (Å²) >= 11 is 0. The number of benzene rings is 1. The van der Waals surface area contributed by atoms with Gasteiger partial charge in [-0.25, -0.2) is 9.38 Å². The van der Waals surface area contributed by atoms with Crippen LogP contribution in [0.3, 0.4) is 0 Å². The van der Waals surface area contributed by atoms with Crippen LogP contribution in [0.4, 0.5) is 10.2 Å². The molecule has 7 heteroatoms. The van der Waals surface area contributed by atoms with E-state index in [9.17, 15) is 4.39 Å². The van der Waals surface area contributed by atoms with E-state index in [2.05, 4.69) is 20.1 Å². The van der Waals surface area contributed by atoms with Crippen molar-refractivity contribution >= 4 is 18.4 Å². The van der Waals surface area contributed by atoms with Crippen LogP contribution in [0.1, 0.15) is 11.1 Å². The quantitative estimate of drug-likeness (QED) is 0.484. The lowest BCUT2D eigenvalue weighted by Gasteiger charge is -2.03. The highest BCUT2D eigenvalue weighted by atomic mass is 19.1. The van der Waals surface area contributed by atoms with Gasteiger partial charge in [0, 0.05) is 14.1 Å². The maximum Gasteiger partial charge on any atom is 0.347 e. The Morgan fingerprint density at radius 2 is 1.95 bits per heavy atom. The minimum absolute atomic E-state index is 0.0735. The summed E-state index contributed by atoms with van der Waals surface area (Å²) in [6, 6.07) is 7.66. The van der Waals surface area contributed by atoms with E-state index in [0.29, 0.717) is 0 Å². The first-order valence-corrected chi connectivity index (χ1v) is 6.55. The first-order valence-electron chi connectivity index (χ1n) is 6.55. The molecule has 0 N–H and O–H groups in total. The Kier molecular flexibility index (Phi) is 5.13. The molecule has 0 aliphatic heterocycles. The van der Waals surface area contributed by atoms with E-state index in [0.717, 1.165) is 17.3 Å². The van der Waals surface area contributed by atoms with Crippen molar-refractivity contribution in [2.24, 2.45) is 10.1 Å². The third-order valence-corrected chi connectivity index (χ3v) is 2.53. The Morgan fingerprint density at radius 3 is 2.64 bits per heavy atom. The van der Waals surface area contributed by atoms with E-state index >= 15 is 0 Å². The molecule has 114 valence electrons. The molecule has 0 amide bonds. The van der Waals surface area contributed by atoms with E-state index in [4.69, 9.17) is 4.84 Å². The van der Waals surface area contributed by atoms with Crippen LogP contribution >= 0.6 is 0 Å². The van der Waals surface area contributed by atoms with Crippen molar-refractivity contribution in [3.05, 3.63) is 47.4 Å². The molecule has 0 bridgehead atoms. The van der Waals surface area contributed by atoms with Gasteiger partial charge < -0.3 is 9.74 Å². The lowest BCUT2D eigenvalue weighted by atomic mass is 10.2. The third-order valence-electron chi connectivity index (χ3n) is 2.53. The Morgan fingerprint density at radius 1 is 1.23 bits per heavy atom. The number of aliphatic imine (C=N–C) groups is 1. The molecule has 1 heterocycles. The Bertz CT molecular complexity index is 683. The summed E-state index contributed by atoms with van der Waals surface area (Å²) in [5.74, 6) is -0.739. The summed E-state index contributed by atoms with van der Waals surface area (Å²) in [6.07, 6.45) is 3.95. The summed E-state index contributed by atoms with van der Waals surface area (Å²) in [4.78, 5) is 18.1. The van der Waals surface area contributed by atoms with Crippen LogP contribution in [-0.4, -0.2) is 41.5 Å². The number of hydrogen-bond acceptors (Lipinski definition) is 5. The van der Waals surface area contributed by atoms with Gasteiger partial charge in [-0.1, -0.05) is 35.0 Å². The maximum atomic E-state index is 13.5. The van der Waals surface area contributed by atoms with E-state index in [1.165, 1.54) is 12.6 Å². The van der Waals surface area contributed by atoms with Gasteiger partial charge >= 0.3 is 6.01 Å². The minimum Gasteiger partial charge on any atom is -0.369 e. The average Bonchev–Trinajstić information content (AvgIpc) is 2.49. The average molecular weight is 301 g/mol. The number of rotatable bonds is 5. The second-order valence-corrected chi connectivity index (χ2v) is 4.77. The molecule has 2 rings (SSSR count). The van der Waals surface area contributed by atoms with Crippen LogP contribution in [0.2, 0.25) is 0 Å². The second-order valence-electron chi connectivity index (χ2n) is 4.77. The SMILES string of the molecule is Cc1ccc(C=NOc2ncc(F)c(N=CN(C)C)n2)cc1. The fourth-order valence-corrected chi connectivity index (χ4v) is 1.43. The number of aryl methyl sites for hydroxylation is 1. The first-order chi connectivity index (χ1) is 10.5. The zero-order valence-electron chi connectivity index (χ0n) is 12.6. The van der Waals surface area contributed by atoms with E-state index in [1.54, 1.807) is 19.0 Å². The van der Waals surface area contributed by atoms with Crippen molar-refractivity contribution in [3.63, 3.8) is 0 Å². The summed E-state index contributed by atoms with van der Waals surface area (Å²) < 4.78 is 13.5. The van der Waals surface area contributed by atoms with Crippen molar-refractivity contribution in [1.82, 2.24) is 14.9 Å². The molecule has 22 heavy (non-hydrogen) atoms. The van der Waals surface area contributed by atoms with Gasteiger partial charge in [0.1, 0.15) is 0 Å². The van der Waals surface area contributed by atoms with Gasteiger partial charge in [-0.15, -0.1) is 0 Å². The fourth-order valence-electron chi connectivity index (χ4n) is 1.43. The summed E-state index contributed by atoms with van der Waals surface area (Å²) in [5.41, 5.74) is 2.03. The van der Waals surface area contributed by atoms with Crippen LogP contribution < -0.4 is 4.84 Å². The van der Waals surface area contributed by atoms with Gasteiger partial charge in [0.2, 0.25) is 0 Å². The highest BCUT2D eigenvalue weighted by Crippen LogP contribution is 2.16. The molecule has 0 unspecified atom stereocenters. The van der Waals surface area contributed by atoms with Crippen molar-refractivity contribution < 1.29 is 9.23 Å². The van der Waals surface area contributed by atoms with E-state index < -0.39 is 5.82 Å². The normalized spacial score (nSPS) is 11.3.